The third kappa shape index (κ3) is 3.30. The van der Waals surface area contributed by atoms with Gasteiger partial charge in [0.2, 0.25) is 0 Å². The zero-order chi connectivity index (χ0) is 19.6. The van der Waals surface area contributed by atoms with Crippen molar-refractivity contribution in [1.82, 2.24) is 19.4 Å². The molecule has 0 spiro atoms. The van der Waals surface area contributed by atoms with E-state index in [-0.39, 0.29) is 13.2 Å². The van der Waals surface area contributed by atoms with Gasteiger partial charge in [0.25, 0.3) is 0 Å². The first-order valence-corrected chi connectivity index (χ1v) is 8.86. The molecule has 8 nitrogen and oxygen atoms in total. The summed E-state index contributed by atoms with van der Waals surface area (Å²) in [5.41, 5.74) is 2.02. The van der Waals surface area contributed by atoms with Gasteiger partial charge in [-0.05, 0) is 27.7 Å². The van der Waals surface area contributed by atoms with Crippen molar-refractivity contribution in [1.29, 1.82) is 0 Å². The number of rotatable bonds is 6. The van der Waals surface area contributed by atoms with Gasteiger partial charge in [-0.1, -0.05) is 30.3 Å². The van der Waals surface area contributed by atoms with Crippen LogP contribution >= 0.6 is 0 Å². The number of aromatic nitrogens is 4. The fourth-order valence-electron chi connectivity index (χ4n) is 2.91. The highest BCUT2D eigenvalue weighted by Gasteiger charge is 2.29. The average molecular weight is 370 g/mol. The SMILES string of the molecule is CCOC(=O)c1c(C)nn2c(-c3ccccc3)nn(C(C)C(=O)OCC)c12. The Kier molecular flexibility index (Phi) is 5.25. The molecule has 2 heterocycles. The van der Waals surface area contributed by atoms with Crippen molar-refractivity contribution >= 4 is 17.6 Å². The first-order chi connectivity index (χ1) is 13.0. The third-order valence-electron chi connectivity index (χ3n) is 4.16. The summed E-state index contributed by atoms with van der Waals surface area (Å²) < 4.78 is 13.4. The zero-order valence-electron chi connectivity index (χ0n) is 15.8. The predicted octanol–water partition coefficient (Wildman–Crippen LogP) is 2.81. The van der Waals surface area contributed by atoms with Gasteiger partial charge in [-0.3, -0.25) is 0 Å². The molecule has 0 amide bonds. The van der Waals surface area contributed by atoms with Crippen LogP contribution < -0.4 is 0 Å². The predicted molar refractivity (Wildman–Crippen MR) is 98.5 cm³/mol. The van der Waals surface area contributed by atoms with Gasteiger partial charge in [-0.2, -0.15) is 9.61 Å². The number of hydrogen-bond acceptors (Lipinski definition) is 6. The van der Waals surface area contributed by atoms with Crippen molar-refractivity contribution in [3.63, 3.8) is 0 Å². The van der Waals surface area contributed by atoms with Crippen LogP contribution in [-0.2, 0) is 14.3 Å². The molecule has 0 saturated carbocycles. The van der Waals surface area contributed by atoms with E-state index in [1.54, 1.807) is 32.2 Å². The van der Waals surface area contributed by atoms with Crippen LogP contribution in [0.2, 0.25) is 0 Å². The number of esters is 2. The van der Waals surface area contributed by atoms with E-state index in [9.17, 15) is 9.59 Å². The molecule has 2 aromatic heterocycles. The van der Waals surface area contributed by atoms with Gasteiger partial charge in [0.15, 0.2) is 11.5 Å². The Hall–Kier alpha value is -3.16. The van der Waals surface area contributed by atoms with E-state index >= 15 is 0 Å². The molecule has 1 aromatic carbocycles. The van der Waals surface area contributed by atoms with Crippen LogP contribution in [0.4, 0.5) is 0 Å². The highest BCUT2D eigenvalue weighted by atomic mass is 16.5. The minimum absolute atomic E-state index is 0.239. The van der Waals surface area contributed by atoms with Gasteiger partial charge in [-0.25, -0.2) is 14.3 Å². The number of aryl methyl sites for hydroxylation is 1. The first kappa shape index (κ1) is 18.6. The summed E-state index contributed by atoms with van der Waals surface area (Å²) in [5.74, 6) is -0.405. The first-order valence-electron chi connectivity index (χ1n) is 8.86. The number of carbonyl (C=O) groups is 2. The molecule has 0 aliphatic carbocycles. The Morgan fingerprint density at radius 3 is 2.37 bits per heavy atom. The molecule has 1 unspecified atom stereocenters. The molecular weight excluding hydrogens is 348 g/mol. The zero-order valence-corrected chi connectivity index (χ0v) is 15.8. The number of benzene rings is 1. The molecule has 8 heteroatoms. The molecule has 3 aromatic rings. The second-order valence-electron chi connectivity index (χ2n) is 5.98. The van der Waals surface area contributed by atoms with Crippen molar-refractivity contribution in [2.24, 2.45) is 0 Å². The van der Waals surface area contributed by atoms with E-state index in [0.29, 0.717) is 22.7 Å². The Bertz CT molecular complexity index is 975. The second-order valence-corrected chi connectivity index (χ2v) is 5.98. The average Bonchev–Trinajstić information content (AvgIpc) is 3.17. The van der Waals surface area contributed by atoms with Crippen LogP contribution in [0.3, 0.4) is 0 Å². The van der Waals surface area contributed by atoms with Gasteiger partial charge in [0.05, 0.1) is 18.9 Å². The Morgan fingerprint density at radius 1 is 1.07 bits per heavy atom. The lowest BCUT2D eigenvalue weighted by Gasteiger charge is -2.12. The van der Waals surface area contributed by atoms with E-state index in [4.69, 9.17) is 9.47 Å². The van der Waals surface area contributed by atoms with Crippen LogP contribution in [0.1, 0.15) is 42.9 Å². The lowest BCUT2D eigenvalue weighted by Crippen LogP contribution is -2.21. The number of ether oxygens (including phenoxy) is 2. The van der Waals surface area contributed by atoms with Crippen molar-refractivity contribution in [2.45, 2.75) is 33.7 Å². The highest BCUT2D eigenvalue weighted by molar-refractivity contribution is 5.98. The van der Waals surface area contributed by atoms with Crippen molar-refractivity contribution in [3.8, 4) is 11.4 Å². The lowest BCUT2D eigenvalue weighted by atomic mass is 10.2. The van der Waals surface area contributed by atoms with Crippen LogP contribution in [0, 0.1) is 6.92 Å². The maximum absolute atomic E-state index is 12.5. The fourth-order valence-corrected chi connectivity index (χ4v) is 2.91. The van der Waals surface area contributed by atoms with Gasteiger partial charge in [-0.15, -0.1) is 5.10 Å². The van der Waals surface area contributed by atoms with Crippen LogP contribution in [-0.4, -0.2) is 44.5 Å². The monoisotopic (exact) mass is 370 g/mol. The van der Waals surface area contributed by atoms with E-state index in [2.05, 4.69) is 10.2 Å². The second kappa shape index (κ2) is 7.61. The maximum Gasteiger partial charge on any atom is 0.343 e. The standard InChI is InChI=1S/C19H22N4O4/c1-5-26-18(24)13(4)22-17-15(19(25)27-6-2)12(3)20-23(17)16(21-22)14-10-8-7-9-11-14/h7-11,13H,5-6H2,1-4H3. The number of carbonyl (C=O) groups excluding carboxylic acids is 2. The summed E-state index contributed by atoms with van der Waals surface area (Å²) in [6, 6.07) is 8.73. The normalized spacial score (nSPS) is 12.1. The summed E-state index contributed by atoms with van der Waals surface area (Å²) in [4.78, 5) is 24.8. The molecule has 0 radical (unpaired) electrons. The molecule has 142 valence electrons. The summed E-state index contributed by atoms with van der Waals surface area (Å²) >= 11 is 0. The minimum Gasteiger partial charge on any atom is -0.464 e. The van der Waals surface area contributed by atoms with Gasteiger partial charge in [0.1, 0.15) is 11.6 Å². The maximum atomic E-state index is 12.5. The molecule has 0 aliphatic heterocycles. The van der Waals surface area contributed by atoms with E-state index in [1.165, 1.54) is 4.68 Å². The lowest BCUT2D eigenvalue weighted by molar-refractivity contribution is -0.146. The molecule has 0 N–H and O–H groups in total. The quantitative estimate of drug-likeness (QED) is 0.620. The van der Waals surface area contributed by atoms with E-state index in [1.807, 2.05) is 30.3 Å². The largest absolute Gasteiger partial charge is 0.464 e. The molecule has 3 rings (SSSR count). The minimum atomic E-state index is -0.728. The van der Waals surface area contributed by atoms with E-state index in [0.717, 1.165) is 5.56 Å². The molecule has 0 aliphatic rings. The fraction of sp³-hybridized carbons (Fsp3) is 0.368. The van der Waals surface area contributed by atoms with Gasteiger partial charge >= 0.3 is 11.9 Å². The molecule has 0 bridgehead atoms. The van der Waals surface area contributed by atoms with Crippen LogP contribution in [0.5, 0.6) is 0 Å². The molecule has 0 saturated heterocycles. The van der Waals surface area contributed by atoms with Gasteiger partial charge in [0, 0.05) is 5.56 Å². The summed E-state index contributed by atoms with van der Waals surface area (Å²) in [7, 11) is 0. The highest BCUT2D eigenvalue weighted by Crippen LogP contribution is 2.27. The summed E-state index contributed by atoms with van der Waals surface area (Å²) in [6.07, 6.45) is 0. The Labute approximate surface area is 156 Å². The smallest absolute Gasteiger partial charge is 0.343 e. The Morgan fingerprint density at radius 2 is 1.74 bits per heavy atom. The topological polar surface area (TPSA) is 87.7 Å². The van der Waals surface area contributed by atoms with Crippen molar-refractivity contribution in [2.75, 3.05) is 13.2 Å². The van der Waals surface area contributed by atoms with Crippen molar-refractivity contribution in [3.05, 3.63) is 41.6 Å². The molecule has 27 heavy (non-hydrogen) atoms. The number of hydrogen-bond donors (Lipinski definition) is 0. The van der Waals surface area contributed by atoms with E-state index < -0.39 is 18.0 Å². The summed E-state index contributed by atoms with van der Waals surface area (Å²) in [5, 5.41) is 9.06. The molecule has 1 atom stereocenters. The third-order valence-corrected chi connectivity index (χ3v) is 4.16. The molecule has 0 fully saturated rings. The molecular formula is C19H22N4O4. The number of fused-ring (bicyclic) bond motifs is 1. The van der Waals surface area contributed by atoms with Crippen molar-refractivity contribution < 1.29 is 19.1 Å². The number of nitrogens with zero attached hydrogens (tertiary/aromatic N) is 4. The Balaban J connectivity index is 2.26. The van der Waals surface area contributed by atoms with Gasteiger partial charge < -0.3 is 9.47 Å². The summed E-state index contributed by atoms with van der Waals surface area (Å²) in [6.45, 7) is 7.38. The van der Waals surface area contributed by atoms with Crippen LogP contribution in [0.25, 0.3) is 17.0 Å². The van der Waals surface area contributed by atoms with Crippen LogP contribution in [0.15, 0.2) is 30.3 Å².